The third-order valence-electron chi connectivity index (χ3n) is 8.08. The minimum absolute atomic E-state index is 0.284. The topological polar surface area (TPSA) is 89.4 Å². The van der Waals surface area contributed by atoms with Crippen LogP contribution in [-0.4, -0.2) is 62.9 Å². The summed E-state index contributed by atoms with van der Waals surface area (Å²) in [7, 11) is 0. The molecule has 0 aromatic heterocycles. The molecule has 0 amide bonds. The van der Waals surface area contributed by atoms with Crippen molar-refractivity contribution in [1.29, 1.82) is 0 Å². The zero-order valence-corrected chi connectivity index (χ0v) is 24.4. The van der Waals surface area contributed by atoms with Gasteiger partial charge in [0.25, 0.3) is 0 Å². The molecule has 0 fully saturated rings. The molecule has 0 unspecified atom stereocenters. The predicted molar refractivity (Wildman–Crippen MR) is 166 cm³/mol. The number of hydrogen-bond donors (Lipinski definition) is 3. The second kappa shape index (κ2) is 14.0. The molecule has 224 valence electrons. The SMILES string of the molecule is Oc1c2cccc1Cc1cccc3c1OCCOCCNCCOCCOc1c(cccc1Cc1cccc(c1O)C3)C2. The zero-order chi connectivity index (χ0) is 29.4. The van der Waals surface area contributed by atoms with Crippen LogP contribution in [0, 0.1) is 0 Å². The van der Waals surface area contributed by atoms with Crippen LogP contribution in [0.1, 0.15) is 44.5 Å². The van der Waals surface area contributed by atoms with Crippen LogP contribution in [0.25, 0.3) is 0 Å². The summed E-state index contributed by atoms with van der Waals surface area (Å²) in [5.74, 6) is 2.11. The van der Waals surface area contributed by atoms with Crippen molar-refractivity contribution >= 4 is 0 Å². The van der Waals surface area contributed by atoms with Crippen LogP contribution >= 0.6 is 0 Å². The van der Waals surface area contributed by atoms with Gasteiger partial charge in [0.15, 0.2) is 0 Å². The highest BCUT2D eigenvalue weighted by molar-refractivity contribution is 5.55. The molecule has 0 atom stereocenters. The molecule has 7 heteroatoms. The number of aromatic hydroxyl groups is 2. The van der Waals surface area contributed by atoms with Crippen LogP contribution < -0.4 is 14.8 Å². The van der Waals surface area contributed by atoms with Crippen LogP contribution in [-0.2, 0) is 35.2 Å². The number of benzene rings is 4. The molecule has 1 heterocycles. The van der Waals surface area contributed by atoms with E-state index >= 15 is 0 Å². The van der Waals surface area contributed by atoms with Gasteiger partial charge in [0.1, 0.15) is 36.2 Å². The third-order valence-corrected chi connectivity index (χ3v) is 8.08. The second-order valence-corrected chi connectivity index (χ2v) is 11.0. The van der Waals surface area contributed by atoms with Crippen molar-refractivity contribution in [2.45, 2.75) is 25.7 Å². The van der Waals surface area contributed by atoms with Gasteiger partial charge >= 0.3 is 0 Å². The monoisotopic (exact) mass is 581 g/mol. The molecule has 10 bridgehead atoms. The van der Waals surface area contributed by atoms with Gasteiger partial charge in [0.2, 0.25) is 0 Å². The fraction of sp³-hybridized carbons (Fsp3) is 0.333. The quantitative estimate of drug-likeness (QED) is 0.233. The molecule has 1 aliphatic carbocycles. The fourth-order valence-electron chi connectivity index (χ4n) is 5.91. The third kappa shape index (κ3) is 6.96. The van der Waals surface area contributed by atoms with Gasteiger partial charge in [-0.3, -0.25) is 0 Å². The molecular weight excluding hydrogens is 542 g/mol. The summed E-state index contributed by atoms with van der Waals surface area (Å²) in [4.78, 5) is 0. The van der Waals surface area contributed by atoms with Gasteiger partial charge in [0, 0.05) is 38.8 Å². The lowest BCUT2D eigenvalue weighted by atomic mass is 9.91. The van der Waals surface area contributed by atoms with E-state index in [1.807, 2.05) is 72.8 Å². The Morgan fingerprint density at radius 2 is 0.744 bits per heavy atom. The Kier molecular flexibility index (Phi) is 9.43. The molecule has 0 saturated heterocycles. The average molecular weight is 582 g/mol. The maximum absolute atomic E-state index is 11.5. The lowest BCUT2D eigenvalue weighted by molar-refractivity contribution is 0.0901. The maximum atomic E-state index is 11.5. The summed E-state index contributed by atoms with van der Waals surface area (Å²) in [5, 5.41) is 26.4. The molecule has 0 radical (unpaired) electrons. The van der Waals surface area contributed by atoms with Crippen molar-refractivity contribution in [2.75, 3.05) is 52.7 Å². The minimum Gasteiger partial charge on any atom is -0.507 e. The van der Waals surface area contributed by atoms with Crippen LogP contribution in [0.2, 0.25) is 0 Å². The molecular formula is C36H39NO6. The van der Waals surface area contributed by atoms with Crippen LogP contribution in [0.3, 0.4) is 0 Å². The molecule has 7 nitrogen and oxygen atoms in total. The van der Waals surface area contributed by atoms with Crippen LogP contribution in [0.15, 0.2) is 72.8 Å². The van der Waals surface area contributed by atoms with E-state index in [9.17, 15) is 10.2 Å². The van der Waals surface area contributed by atoms with Crippen LogP contribution in [0.5, 0.6) is 23.0 Å². The number of nitrogens with one attached hydrogen (secondary N) is 1. The Morgan fingerprint density at radius 3 is 1.09 bits per heavy atom. The van der Waals surface area contributed by atoms with Crippen molar-refractivity contribution in [3.8, 4) is 23.0 Å². The van der Waals surface area contributed by atoms with E-state index in [2.05, 4.69) is 5.32 Å². The lowest BCUT2D eigenvalue weighted by Gasteiger charge is -2.20. The first-order valence-corrected chi connectivity index (χ1v) is 15.1. The number of ether oxygens (including phenoxy) is 4. The molecule has 4 aromatic rings. The summed E-state index contributed by atoms with van der Waals surface area (Å²) in [6, 6.07) is 24.1. The highest BCUT2D eigenvalue weighted by Crippen LogP contribution is 2.37. The highest BCUT2D eigenvalue weighted by Gasteiger charge is 2.20. The van der Waals surface area contributed by atoms with Gasteiger partial charge in [-0.15, -0.1) is 0 Å². The summed E-state index contributed by atoms with van der Waals surface area (Å²) in [6.07, 6.45) is 2.00. The first-order chi connectivity index (χ1) is 21.2. The number of fused-ring (bicyclic) bond motifs is 2. The van der Waals surface area contributed by atoms with E-state index in [1.54, 1.807) is 0 Å². The van der Waals surface area contributed by atoms with E-state index in [-0.39, 0.29) is 11.5 Å². The van der Waals surface area contributed by atoms with Crippen molar-refractivity contribution in [2.24, 2.45) is 0 Å². The lowest BCUT2D eigenvalue weighted by Crippen LogP contribution is -2.25. The zero-order valence-electron chi connectivity index (χ0n) is 24.4. The Hall–Kier alpha value is -4.04. The van der Waals surface area contributed by atoms with E-state index in [1.165, 1.54) is 0 Å². The normalized spacial score (nSPS) is 16.5. The molecule has 2 aliphatic rings. The fourth-order valence-corrected chi connectivity index (χ4v) is 5.91. The molecule has 0 spiro atoms. The number of phenolic OH excluding ortho intramolecular Hbond substituents is 2. The summed E-state index contributed by atoms with van der Waals surface area (Å²) in [5.41, 5.74) is 7.21. The Morgan fingerprint density at radius 1 is 0.419 bits per heavy atom. The Balaban J connectivity index is 1.49. The molecule has 1 aliphatic heterocycles. The second-order valence-electron chi connectivity index (χ2n) is 11.0. The van der Waals surface area contributed by atoms with Gasteiger partial charge in [-0.05, 0) is 44.5 Å². The van der Waals surface area contributed by atoms with Crippen molar-refractivity contribution in [3.63, 3.8) is 0 Å². The molecule has 6 rings (SSSR count). The first kappa shape index (κ1) is 29.1. The molecule has 4 aromatic carbocycles. The predicted octanol–water partition coefficient (Wildman–Crippen LogP) is 5.17. The van der Waals surface area contributed by atoms with Gasteiger partial charge in [-0.25, -0.2) is 0 Å². The Labute approximate surface area is 253 Å². The Bertz CT molecular complexity index is 1350. The van der Waals surface area contributed by atoms with Crippen molar-refractivity contribution in [3.05, 3.63) is 117 Å². The first-order valence-electron chi connectivity index (χ1n) is 15.1. The number of phenols is 2. The molecule has 3 N–H and O–H groups in total. The smallest absolute Gasteiger partial charge is 0.126 e. The highest BCUT2D eigenvalue weighted by atomic mass is 16.5. The summed E-state index contributed by atoms with van der Waals surface area (Å²) in [6.45, 7) is 4.28. The maximum Gasteiger partial charge on any atom is 0.126 e. The summed E-state index contributed by atoms with van der Waals surface area (Å²) < 4.78 is 24.5. The minimum atomic E-state index is 0.284. The standard InChI is InChI=1S/C36H39NO6/c38-33-25-5-1-6-26(33)22-30-10-4-12-32-24-28-8-2-7-27(34(28)39)23-31-11-3-9-29(21-25)35(31)42-19-17-40-15-13-37-14-16-41-18-20-43-36(30)32/h1-12,37-39H,13-24H2. The van der Waals surface area contributed by atoms with Crippen molar-refractivity contribution < 1.29 is 29.2 Å². The van der Waals surface area contributed by atoms with Crippen molar-refractivity contribution in [1.82, 2.24) is 5.32 Å². The van der Waals surface area contributed by atoms with E-state index in [0.717, 1.165) is 69.1 Å². The molecule has 0 saturated carbocycles. The van der Waals surface area contributed by atoms with Gasteiger partial charge in [-0.2, -0.15) is 0 Å². The van der Waals surface area contributed by atoms with E-state index < -0.39 is 0 Å². The largest absolute Gasteiger partial charge is 0.507 e. The van der Waals surface area contributed by atoms with Gasteiger partial charge < -0.3 is 34.5 Å². The van der Waals surface area contributed by atoms with Gasteiger partial charge in [-0.1, -0.05) is 72.8 Å². The average Bonchev–Trinajstić information content (AvgIpc) is 3.00. The molecule has 43 heavy (non-hydrogen) atoms. The number of rotatable bonds is 0. The number of hydrogen-bond acceptors (Lipinski definition) is 7. The number of para-hydroxylation sites is 4. The van der Waals surface area contributed by atoms with E-state index in [4.69, 9.17) is 18.9 Å². The van der Waals surface area contributed by atoms with Crippen LogP contribution in [0.4, 0.5) is 0 Å². The van der Waals surface area contributed by atoms with E-state index in [0.29, 0.717) is 65.3 Å². The van der Waals surface area contributed by atoms with Gasteiger partial charge in [0.05, 0.1) is 26.4 Å². The summed E-state index contributed by atoms with van der Waals surface area (Å²) >= 11 is 0.